The van der Waals surface area contributed by atoms with Crippen molar-refractivity contribution in [3.8, 4) is 0 Å². The topological polar surface area (TPSA) is 70.1 Å². The van der Waals surface area contributed by atoms with Crippen molar-refractivity contribution in [1.29, 1.82) is 0 Å². The largest absolute Gasteiger partial charge is 0.448 e. The molecule has 0 aliphatic rings. The zero-order chi connectivity index (χ0) is 8.27. The van der Waals surface area contributed by atoms with E-state index in [9.17, 15) is 4.79 Å². The van der Waals surface area contributed by atoms with E-state index in [1.54, 1.807) is 6.92 Å². The molecular weight excluding hydrogens is 146 g/mol. The van der Waals surface area contributed by atoms with Gasteiger partial charge in [-0.25, -0.2) is 4.79 Å². The number of ether oxygens (including phenoxy) is 1. The Morgan fingerprint density at radius 2 is 2.64 bits per heavy atom. The number of anilines is 1. The summed E-state index contributed by atoms with van der Waals surface area (Å²) < 4.78 is 5.70. The number of carbonyl (C=O) groups is 1. The lowest BCUT2D eigenvalue weighted by Gasteiger charge is -1.98. The summed E-state index contributed by atoms with van der Waals surface area (Å²) in [5, 5.41) is 3.65. The highest BCUT2D eigenvalue weighted by atomic mass is 16.5. The van der Waals surface area contributed by atoms with E-state index in [0.29, 0.717) is 12.4 Å². The second kappa shape index (κ2) is 3.05. The molecule has 5 heteroatoms. The van der Waals surface area contributed by atoms with Gasteiger partial charge < -0.3 is 10.5 Å². The molecule has 1 aromatic heterocycles. The van der Waals surface area contributed by atoms with Crippen LogP contribution < -0.4 is 5.73 Å². The van der Waals surface area contributed by atoms with E-state index in [-0.39, 0.29) is 0 Å². The van der Waals surface area contributed by atoms with Crippen LogP contribution in [0, 0.1) is 0 Å². The first-order valence-electron chi connectivity index (χ1n) is 3.22. The van der Waals surface area contributed by atoms with Gasteiger partial charge in [0, 0.05) is 12.3 Å². The summed E-state index contributed by atoms with van der Waals surface area (Å²) in [6, 6.07) is 1.52. The predicted molar refractivity (Wildman–Crippen MR) is 39.1 cm³/mol. The van der Waals surface area contributed by atoms with Crippen LogP contribution in [0.4, 0.5) is 10.6 Å². The molecule has 0 atom stereocenters. The monoisotopic (exact) mass is 155 g/mol. The van der Waals surface area contributed by atoms with E-state index in [1.807, 2.05) is 0 Å². The maximum atomic E-state index is 10.9. The van der Waals surface area contributed by atoms with Gasteiger partial charge in [0.05, 0.1) is 6.61 Å². The Kier molecular flexibility index (Phi) is 2.10. The van der Waals surface area contributed by atoms with Gasteiger partial charge in [-0.05, 0) is 6.92 Å². The normalized spacial score (nSPS) is 9.55. The summed E-state index contributed by atoms with van der Waals surface area (Å²) in [5.74, 6) is 0.304. The predicted octanol–water partition coefficient (Wildman–Crippen LogP) is 0.470. The number of aromatic nitrogens is 2. The molecule has 5 nitrogen and oxygen atoms in total. The highest BCUT2D eigenvalue weighted by Gasteiger charge is 2.04. The van der Waals surface area contributed by atoms with Crippen molar-refractivity contribution in [2.75, 3.05) is 12.3 Å². The fourth-order valence-corrected chi connectivity index (χ4v) is 0.629. The number of hydrogen-bond donors (Lipinski definition) is 1. The highest BCUT2D eigenvalue weighted by molar-refractivity contribution is 5.69. The number of nitrogens with zero attached hydrogens (tertiary/aromatic N) is 2. The molecular formula is C6H9N3O2. The van der Waals surface area contributed by atoms with E-state index in [1.165, 1.54) is 12.3 Å². The Morgan fingerprint density at radius 3 is 3.09 bits per heavy atom. The SMILES string of the molecule is CCOC(=O)n1ccc(N)n1. The number of nitrogens with two attached hydrogens (primary N) is 1. The Balaban J connectivity index is 2.69. The fraction of sp³-hybridized carbons (Fsp3) is 0.333. The van der Waals surface area contributed by atoms with Crippen molar-refractivity contribution in [2.45, 2.75) is 6.92 Å². The van der Waals surface area contributed by atoms with Crippen LogP contribution in [-0.4, -0.2) is 22.5 Å². The number of hydrogen-bond acceptors (Lipinski definition) is 4. The van der Waals surface area contributed by atoms with Crippen LogP contribution in [0.15, 0.2) is 12.3 Å². The Morgan fingerprint density at radius 1 is 1.91 bits per heavy atom. The highest BCUT2D eigenvalue weighted by Crippen LogP contribution is 1.96. The van der Waals surface area contributed by atoms with E-state index in [2.05, 4.69) is 9.84 Å². The molecule has 0 fully saturated rings. The Bertz CT molecular complexity index is 256. The van der Waals surface area contributed by atoms with Crippen molar-refractivity contribution in [3.05, 3.63) is 12.3 Å². The molecule has 0 aliphatic heterocycles. The second-order valence-corrected chi connectivity index (χ2v) is 1.88. The maximum Gasteiger partial charge on any atom is 0.434 e. The van der Waals surface area contributed by atoms with Crippen LogP contribution in [0.25, 0.3) is 0 Å². The number of rotatable bonds is 1. The first kappa shape index (κ1) is 7.59. The summed E-state index contributed by atoms with van der Waals surface area (Å²) in [4.78, 5) is 10.9. The maximum absolute atomic E-state index is 10.9. The second-order valence-electron chi connectivity index (χ2n) is 1.88. The van der Waals surface area contributed by atoms with Crippen molar-refractivity contribution < 1.29 is 9.53 Å². The van der Waals surface area contributed by atoms with E-state index in [4.69, 9.17) is 5.73 Å². The number of nitrogen functional groups attached to an aromatic ring is 1. The zero-order valence-corrected chi connectivity index (χ0v) is 6.15. The minimum Gasteiger partial charge on any atom is -0.448 e. The van der Waals surface area contributed by atoms with Crippen molar-refractivity contribution in [2.24, 2.45) is 0 Å². The zero-order valence-electron chi connectivity index (χ0n) is 6.15. The van der Waals surface area contributed by atoms with Crippen LogP contribution in [0.5, 0.6) is 0 Å². The van der Waals surface area contributed by atoms with Gasteiger partial charge in [-0.2, -0.15) is 4.68 Å². The Hall–Kier alpha value is -1.52. The molecule has 1 rings (SSSR count). The third kappa shape index (κ3) is 1.70. The van der Waals surface area contributed by atoms with Crippen molar-refractivity contribution >= 4 is 11.9 Å². The van der Waals surface area contributed by atoms with Gasteiger partial charge in [-0.3, -0.25) is 0 Å². The standard InChI is InChI=1S/C6H9N3O2/c1-2-11-6(10)9-4-3-5(7)8-9/h3-4H,2H2,1H3,(H2,7,8). The summed E-state index contributed by atoms with van der Waals surface area (Å²) >= 11 is 0. The van der Waals surface area contributed by atoms with E-state index >= 15 is 0 Å². The van der Waals surface area contributed by atoms with Gasteiger partial charge in [0.2, 0.25) is 0 Å². The average Bonchev–Trinajstić information content (AvgIpc) is 2.36. The third-order valence-corrected chi connectivity index (χ3v) is 1.06. The van der Waals surface area contributed by atoms with Crippen LogP contribution in [0.2, 0.25) is 0 Å². The summed E-state index contributed by atoms with van der Waals surface area (Å²) in [5.41, 5.74) is 5.27. The molecule has 0 aliphatic carbocycles. The molecule has 0 saturated carbocycles. The van der Waals surface area contributed by atoms with Gasteiger partial charge in [-0.15, -0.1) is 5.10 Å². The first-order valence-corrected chi connectivity index (χ1v) is 3.22. The van der Waals surface area contributed by atoms with Crippen LogP contribution in [-0.2, 0) is 4.74 Å². The lowest BCUT2D eigenvalue weighted by Crippen LogP contribution is -2.14. The summed E-state index contributed by atoms with van der Waals surface area (Å²) in [6.45, 7) is 2.06. The van der Waals surface area contributed by atoms with Crippen molar-refractivity contribution in [3.63, 3.8) is 0 Å². The third-order valence-electron chi connectivity index (χ3n) is 1.06. The molecule has 60 valence electrons. The molecule has 0 bridgehead atoms. The molecule has 1 heterocycles. The van der Waals surface area contributed by atoms with E-state index in [0.717, 1.165) is 4.68 Å². The molecule has 2 N–H and O–H groups in total. The quantitative estimate of drug-likeness (QED) is 0.640. The molecule has 11 heavy (non-hydrogen) atoms. The van der Waals surface area contributed by atoms with Crippen LogP contribution >= 0.6 is 0 Å². The molecule has 0 spiro atoms. The van der Waals surface area contributed by atoms with Gasteiger partial charge in [0.1, 0.15) is 5.82 Å². The lowest BCUT2D eigenvalue weighted by atomic mass is 10.7. The minimum atomic E-state index is -0.510. The molecule has 0 radical (unpaired) electrons. The van der Waals surface area contributed by atoms with Crippen LogP contribution in [0.1, 0.15) is 6.92 Å². The molecule has 1 aromatic rings. The summed E-state index contributed by atoms with van der Waals surface area (Å²) in [6.07, 6.45) is 0.942. The molecule has 0 saturated heterocycles. The fourth-order valence-electron chi connectivity index (χ4n) is 0.629. The van der Waals surface area contributed by atoms with Gasteiger partial charge >= 0.3 is 6.09 Å². The van der Waals surface area contributed by atoms with E-state index < -0.39 is 6.09 Å². The first-order chi connectivity index (χ1) is 5.24. The average molecular weight is 155 g/mol. The van der Waals surface area contributed by atoms with Gasteiger partial charge in [0.25, 0.3) is 0 Å². The van der Waals surface area contributed by atoms with Gasteiger partial charge in [-0.1, -0.05) is 0 Å². The summed E-state index contributed by atoms with van der Waals surface area (Å²) in [7, 11) is 0. The molecule has 0 amide bonds. The minimum absolute atomic E-state index is 0.304. The lowest BCUT2D eigenvalue weighted by molar-refractivity contribution is 0.150. The smallest absolute Gasteiger partial charge is 0.434 e. The van der Waals surface area contributed by atoms with Crippen molar-refractivity contribution in [1.82, 2.24) is 9.78 Å². The van der Waals surface area contributed by atoms with Crippen LogP contribution in [0.3, 0.4) is 0 Å². The molecule has 0 unspecified atom stereocenters. The van der Waals surface area contributed by atoms with Gasteiger partial charge in [0.15, 0.2) is 0 Å². The molecule has 0 aromatic carbocycles. The Labute approximate surface area is 63.7 Å². The number of carbonyl (C=O) groups excluding carboxylic acids is 1.